The Morgan fingerprint density at radius 2 is 1.91 bits per heavy atom. The number of carbonyl (C=O) groups excluding carboxylic acids is 3. The Morgan fingerprint density at radius 3 is 2.59 bits per heavy atom. The predicted octanol–water partition coefficient (Wildman–Crippen LogP) is 0.131. The van der Waals surface area contributed by atoms with Gasteiger partial charge in [-0.1, -0.05) is 0 Å². The smallest absolute Gasteiger partial charge is 0.256 e. The molecule has 180 valence electrons. The molecule has 2 aliphatic heterocycles. The van der Waals surface area contributed by atoms with Crippen LogP contribution >= 0.6 is 0 Å². The summed E-state index contributed by atoms with van der Waals surface area (Å²) < 4.78 is 40.7. The molecule has 2 aliphatic rings. The highest BCUT2D eigenvalue weighted by Gasteiger charge is 2.41. The number of pyridine rings is 1. The Balaban J connectivity index is 1.60. The number of amides is 3. The average Bonchev–Trinajstić information content (AvgIpc) is 2.85. The highest BCUT2D eigenvalue weighted by atomic mass is 32.2. The van der Waals surface area contributed by atoms with Crippen LogP contribution < -0.4 is 10.6 Å². The maximum absolute atomic E-state index is 13.3. The van der Waals surface area contributed by atoms with E-state index in [0.29, 0.717) is 19.4 Å². The number of halogens is 1. The Hall–Kier alpha value is -3.38. The second-order valence-corrected chi connectivity index (χ2v) is 10.0. The van der Waals surface area contributed by atoms with Crippen molar-refractivity contribution in [2.75, 3.05) is 26.2 Å². The molecule has 2 atom stereocenters. The summed E-state index contributed by atoms with van der Waals surface area (Å²) in [4.78, 5) is 43.6. The summed E-state index contributed by atoms with van der Waals surface area (Å²) in [6.45, 7) is 0.0956. The number of nitrogens with one attached hydrogen (secondary N) is 2. The number of carbonyl (C=O) groups is 3. The first-order valence-electron chi connectivity index (χ1n) is 10.8. The Morgan fingerprint density at radius 1 is 1.15 bits per heavy atom. The molecule has 3 heterocycles. The summed E-state index contributed by atoms with van der Waals surface area (Å²) in [5.41, 5.74) is 0.255. The van der Waals surface area contributed by atoms with Crippen molar-refractivity contribution < 1.29 is 27.2 Å². The fourth-order valence-electron chi connectivity index (χ4n) is 4.03. The van der Waals surface area contributed by atoms with Gasteiger partial charge in [-0.25, -0.2) is 12.8 Å². The van der Waals surface area contributed by atoms with Crippen molar-refractivity contribution in [1.29, 1.82) is 0 Å². The van der Waals surface area contributed by atoms with Gasteiger partial charge in [0, 0.05) is 38.6 Å². The molecule has 0 saturated carbocycles. The van der Waals surface area contributed by atoms with Crippen LogP contribution in [0, 0.1) is 5.82 Å². The lowest BCUT2D eigenvalue weighted by molar-refractivity contribution is -0.133. The highest BCUT2D eigenvalue weighted by molar-refractivity contribution is 7.89. The van der Waals surface area contributed by atoms with Crippen molar-refractivity contribution in [2.45, 2.75) is 29.8 Å². The molecule has 34 heavy (non-hydrogen) atoms. The van der Waals surface area contributed by atoms with Gasteiger partial charge in [0.05, 0.1) is 10.5 Å². The number of benzene rings is 1. The maximum Gasteiger partial charge on any atom is 0.256 e. The molecule has 0 bridgehead atoms. The van der Waals surface area contributed by atoms with Gasteiger partial charge >= 0.3 is 0 Å². The Labute approximate surface area is 196 Å². The maximum atomic E-state index is 13.3. The predicted molar refractivity (Wildman–Crippen MR) is 118 cm³/mol. The van der Waals surface area contributed by atoms with E-state index in [9.17, 15) is 27.2 Å². The lowest BCUT2D eigenvalue weighted by Gasteiger charge is -2.40. The van der Waals surface area contributed by atoms with Gasteiger partial charge < -0.3 is 15.5 Å². The standard InChI is InChI=1S/C22H24FN5O5S/c23-16-5-7-17(8-6-16)34(32,33)27-11-12-28(22(31)15-3-1-9-24-13-15)19(14-27)21(30)26-18-4-2-10-25-20(18)29/h1,3,5-9,13,18-19H,2,4,10-12,14H2,(H,25,29)(H,26,30)/t18-,19+/m0/s1. The summed E-state index contributed by atoms with van der Waals surface area (Å²) in [7, 11) is -4.05. The zero-order valence-electron chi connectivity index (χ0n) is 18.2. The summed E-state index contributed by atoms with van der Waals surface area (Å²) in [6, 6.07) is 5.59. The number of aromatic nitrogens is 1. The second kappa shape index (κ2) is 9.85. The molecule has 1 aromatic carbocycles. The quantitative estimate of drug-likeness (QED) is 0.615. The minimum absolute atomic E-state index is 0.0525. The lowest BCUT2D eigenvalue weighted by atomic mass is 10.1. The number of nitrogens with zero attached hydrogens (tertiary/aromatic N) is 3. The molecule has 2 aromatic rings. The first-order valence-corrected chi connectivity index (χ1v) is 12.3. The van der Waals surface area contributed by atoms with Crippen LogP contribution in [-0.2, 0) is 19.6 Å². The number of sulfonamides is 1. The average molecular weight is 490 g/mol. The number of hydrogen-bond donors (Lipinski definition) is 2. The fraction of sp³-hybridized carbons (Fsp3) is 0.364. The molecule has 2 fully saturated rings. The van der Waals surface area contributed by atoms with Crippen molar-refractivity contribution in [3.63, 3.8) is 0 Å². The van der Waals surface area contributed by atoms with E-state index in [-0.39, 0.29) is 36.0 Å². The van der Waals surface area contributed by atoms with E-state index in [2.05, 4.69) is 15.6 Å². The first-order chi connectivity index (χ1) is 16.3. The van der Waals surface area contributed by atoms with E-state index < -0.39 is 39.7 Å². The van der Waals surface area contributed by atoms with Crippen LogP contribution in [0.5, 0.6) is 0 Å². The van der Waals surface area contributed by atoms with Crippen LogP contribution in [0.3, 0.4) is 0 Å². The summed E-state index contributed by atoms with van der Waals surface area (Å²) in [5, 5.41) is 5.34. The van der Waals surface area contributed by atoms with Gasteiger partial charge in [-0.3, -0.25) is 19.4 Å². The minimum atomic E-state index is -4.05. The number of hydrogen-bond acceptors (Lipinski definition) is 6. The van der Waals surface area contributed by atoms with Crippen LogP contribution in [0.1, 0.15) is 23.2 Å². The molecule has 4 rings (SSSR count). The number of piperidine rings is 1. The van der Waals surface area contributed by atoms with Gasteiger partial charge in [0.15, 0.2) is 0 Å². The normalized spacial score (nSPS) is 21.6. The zero-order chi connectivity index (χ0) is 24.3. The molecule has 2 saturated heterocycles. The van der Waals surface area contributed by atoms with Gasteiger partial charge in [0.25, 0.3) is 5.91 Å². The number of rotatable bonds is 5. The van der Waals surface area contributed by atoms with E-state index in [1.165, 1.54) is 17.3 Å². The van der Waals surface area contributed by atoms with Gasteiger partial charge in [-0.2, -0.15) is 4.31 Å². The van der Waals surface area contributed by atoms with Crippen LogP contribution in [-0.4, -0.2) is 78.6 Å². The first kappa shape index (κ1) is 23.8. The van der Waals surface area contributed by atoms with E-state index >= 15 is 0 Å². The van der Waals surface area contributed by atoms with Crippen LogP contribution in [0.2, 0.25) is 0 Å². The molecule has 3 amide bonds. The van der Waals surface area contributed by atoms with E-state index in [1.807, 2.05) is 0 Å². The molecule has 0 spiro atoms. The Kier molecular flexibility index (Phi) is 6.89. The topological polar surface area (TPSA) is 129 Å². The lowest BCUT2D eigenvalue weighted by Crippen LogP contribution is -2.63. The molecule has 0 unspecified atom stereocenters. The summed E-state index contributed by atoms with van der Waals surface area (Å²) >= 11 is 0. The van der Waals surface area contributed by atoms with Gasteiger partial charge in [-0.15, -0.1) is 0 Å². The number of piperazine rings is 1. The van der Waals surface area contributed by atoms with E-state index in [0.717, 1.165) is 28.6 Å². The molecule has 0 aliphatic carbocycles. The zero-order valence-corrected chi connectivity index (χ0v) is 19.0. The summed E-state index contributed by atoms with van der Waals surface area (Å²) in [6.07, 6.45) is 4.01. The molecule has 1 aromatic heterocycles. The second-order valence-electron chi connectivity index (χ2n) is 8.07. The van der Waals surface area contributed by atoms with Crippen LogP contribution in [0.4, 0.5) is 4.39 Å². The van der Waals surface area contributed by atoms with Crippen molar-refractivity contribution in [1.82, 2.24) is 24.8 Å². The SMILES string of the molecule is O=C1NCCC[C@@H]1NC(=O)[C@H]1CN(S(=O)(=O)c2ccc(F)cc2)CCN1C(=O)c1cccnc1. The van der Waals surface area contributed by atoms with Crippen LogP contribution in [0.15, 0.2) is 53.7 Å². The third-order valence-electron chi connectivity index (χ3n) is 5.87. The highest BCUT2D eigenvalue weighted by Crippen LogP contribution is 2.22. The fourth-order valence-corrected chi connectivity index (χ4v) is 5.47. The third-order valence-corrected chi connectivity index (χ3v) is 7.75. The molecular weight excluding hydrogens is 465 g/mol. The molecule has 0 radical (unpaired) electrons. The monoisotopic (exact) mass is 489 g/mol. The van der Waals surface area contributed by atoms with Gasteiger partial charge in [-0.05, 0) is 49.2 Å². The van der Waals surface area contributed by atoms with Crippen molar-refractivity contribution in [2.24, 2.45) is 0 Å². The van der Waals surface area contributed by atoms with Crippen molar-refractivity contribution in [3.05, 3.63) is 60.2 Å². The molecule has 12 heteroatoms. The van der Waals surface area contributed by atoms with Gasteiger partial charge in [0.1, 0.15) is 17.9 Å². The van der Waals surface area contributed by atoms with Crippen molar-refractivity contribution in [3.8, 4) is 0 Å². The molecular formula is C22H24FN5O5S. The molecule has 10 nitrogen and oxygen atoms in total. The van der Waals surface area contributed by atoms with E-state index in [4.69, 9.17) is 0 Å². The molecule has 2 N–H and O–H groups in total. The van der Waals surface area contributed by atoms with Crippen molar-refractivity contribution >= 4 is 27.7 Å². The summed E-state index contributed by atoms with van der Waals surface area (Å²) in [5.74, 6) is -2.00. The van der Waals surface area contributed by atoms with E-state index in [1.54, 1.807) is 12.1 Å². The largest absolute Gasteiger partial charge is 0.354 e. The van der Waals surface area contributed by atoms with Gasteiger partial charge in [0.2, 0.25) is 21.8 Å². The Bertz CT molecular complexity index is 1180. The minimum Gasteiger partial charge on any atom is -0.354 e. The third kappa shape index (κ3) is 4.92. The van der Waals surface area contributed by atoms with Crippen LogP contribution in [0.25, 0.3) is 0 Å².